The van der Waals surface area contributed by atoms with Gasteiger partial charge < -0.3 is 0 Å². The fraction of sp³-hybridized carbons (Fsp3) is 0.474. The molecule has 1 atom stereocenters. The molecule has 1 unspecified atom stereocenters. The summed E-state index contributed by atoms with van der Waals surface area (Å²) in [6.07, 6.45) is 3.14. The molecular formula is C19H24N2O4S3. The first-order valence-corrected chi connectivity index (χ1v) is 13.3. The van der Waals surface area contributed by atoms with Crippen LogP contribution in [0.2, 0.25) is 0 Å². The number of hydrogen-bond donors (Lipinski definition) is 0. The third-order valence-electron chi connectivity index (χ3n) is 5.57. The minimum Gasteiger partial charge on any atom is -0.207 e. The number of hydrogen-bond acceptors (Lipinski definition) is 5. The van der Waals surface area contributed by atoms with Gasteiger partial charge in [0.25, 0.3) is 0 Å². The molecule has 9 heteroatoms. The summed E-state index contributed by atoms with van der Waals surface area (Å²) < 4.78 is 54.9. The van der Waals surface area contributed by atoms with E-state index in [1.807, 2.05) is 18.4 Å². The smallest absolute Gasteiger partial charge is 0.207 e. The predicted molar refractivity (Wildman–Crippen MR) is 109 cm³/mol. The third-order valence-corrected chi connectivity index (χ3v) is 10.4. The van der Waals surface area contributed by atoms with Gasteiger partial charge in [0.05, 0.1) is 15.8 Å². The highest BCUT2D eigenvalue weighted by Gasteiger charge is 2.36. The molecule has 0 N–H and O–H groups in total. The second-order valence-corrected chi connectivity index (χ2v) is 12.0. The molecule has 2 aliphatic rings. The zero-order valence-electron chi connectivity index (χ0n) is 15.7. The molecule has 1 aromatic heterocycles. The van der Waals surface area contributed by atoms with Gasteiger partial charge in [-0.25, -0.2) is 16.8 Å². The first-order chi connectivity index (χ1) is 13.4. The van der Waals surface area contributed by atoms with Crippen LogP contribution in [0.5, 0.6) is 0 Å². The van der Waals surface area contributed by atoms with Crippen LogP contribution in [0.15, 0.2) is 45.5 Å². The lowest BCUT2D eigenvalue weighted by molar-refractivity contribution is 0.303. The zero-order valence-corrected chi connectivity index (χ0v) is 18.2. The molecule has 0 radical (unpaired) electrons. The number of rotatable bonds is 5. The van der Waals surface area contributed by atoms with Crippen molar-refractivity contribution >= 4 is 31.4 Å². The van der Waals surface area contributed by atoms with Crippen molar-refractivity contribution in [2.45, 2.75) is 48.4 Å². The molecule has 152 valence electrons. The van der Waals surface area contributed by atoms with Crippen LogP contribution in [-0.4, -0.2) is 45.1 Å². The molecule has 2 aliphatic heterocycles. The molecule has 6 nitrogen and oxygen atoms in total. The highest BCUT2D eigenvalue weighted by atomic mass is 32.2. The standard InChI is InChI=1S/C19H24N2O4S3/c1-2-18-17-10-14-26-19(17)9-13-21(18)28(24,25)16-7-5-15(6-8-16)27(22,23)20-11-3-4-12-20/h5-8,10,14,18H,2-4,9,11-13H2,1H3. The average molecular weight is 441 g/mol. The first-order valence-electron chi connectivity index (χ1n) is 9.54. The van der Waals surface area contributed by atoms with E-state index < -0.39 is 20.0 Å². The maximum Gasteiger partial charge on any atom is 0.243 e. The summed E-state index contributed by atoms with van der Waals surface area (Å²) in [5, 5.41) is 2.02. The van der Waals surface area contributed by atoms with Crippen LogP contribution in [0.4, 0.5) is 0 Å². The highest BCUT2D eigenvalue weighted by molar-refractivity contribution is 7.89. The Labute approximate surface area is 170 Å². The van der Waals surface area contributed by atoms with Gasteiger partial charge in [-0.1, -0.05) is 6.92 Å². The monoisotopic (exact) mass is 440 g/mol. The molecule has 2 aromatic rings. The van der Waals surface area contributed by atoms with E-state index in [4.69, 9.17) is 0 Å². The zero-order chi connectivity index (χ0) is 19.9. The number of sulfonamides is 2. The Balaban J connectivity index is 1.63. The molecule has 1 saturated heterocycles. The maximum absolute atomic E-state index is 13.3. The molecule has 0 saturated carbocycles. The lowest BCUT2D eigenvalue weighted by atomic mass is 10.0. The number of fused-ring (bicyclic) bond motifs is 1. The van der Waals surface area contributed by atoms with Gasteiger partial charge in [-0.3, -0.25) is 0 Å². The van der Waals surface area contributed by atoms with Crippen LogP contribution in [0, 0.1) is 0 Å². The second-order valence-electron chi connectivity index (χ2n) is 7.17. The van der Waals surface area contributed by atoms with Crippen LogP contribution < -0.4 is 0 Å². The van der Waals surface area contributed by atoms with Crippen molar-refractivity contribution in [1.82, 2.24) is 8.61 Å². The lowest BCUT2D eigenvalue weighted by Crippen LogP contribution is -2.39. The largest absolute Gasteiger partial charge is 0.243 e. The summed E-state index contributed by atoms with van der Waals surface area (Å²) in [4.78, 5) is 1.55. The van der Waals surface area contributed by atoms with Gasteiger partial charge >= 0.3 is 0 Å². The molecule has 1 fully saturated rings. The summed E-state index contributed by atoms with van der Waals surface area (Å²) in [7, 11) is -7.24. The van der Waals surface area contributed by atoms with E-state index in [0.29, 0.717) is 32.5 Å². The van der Waals surface area contributed by atoms with Gasteiger partial charge in [0, 0.05) is 24.5 Å². The molecule has 4 rings (SSSR count). The van der Waals surface area contributed by atoms with Crippen molar-refractivity contribution in [3.63, 3.8) is 0 Å². The van der Waals surface area contributed by atoms with Crippen molar-refractivity contribution in [2.75, 3.05) is 19.6 Å². The SMILES string of the molecule is CCC1c2ccsc2CCN1S(=O)(=O)c1ccc(S(=O)(=O)N2CCCC2)cc1. The van der Waals surface area contributed by atoms with E-state index in [0.717, 1.165) is 18.4 Å². The van der Waals surface area contributed by atoms with Crippen molar-refractivity contribution < 1.29 is 16.8 Å². The predicted octanol–water partition coefficient (Wildman–Crippen LogP) is 3.23. The Hall–Kier alpha value is -1.26. The Bertz CT molecular complexity index is 1050. The van der Waals surface area contributed by atoms with Crippen LogP contribution in [0.3, 0.4) is 0 Å². The van der Waals surface area contributed by atoms with Crippen LogP contribution in [0.1, 0.15) is 42.7 Å². The molecule has 0 aliphatic carbocycles. The van der Waals surface area contributed by atoms with E-state index in [2.05, 4.69) is 0 Å². The van der Waals surface area contributed by atoms with Gasteiger partial charge in [0.1, 0.15) is 0 Å². The molecule has 0 bridgehead atoms. The minimum absolute atomic E-state index is 0.144. The average Bonchev–Trinajstić information content (AvgIpc) is 3.39. The number of thiophene rings is 1. The molecule has 0 amide bonds. The minimum atomic E-state index is -3.70. The molecular weight excluding hydrogens is 416 g/mol. The third kappa shape index (κ3) is 3.33. The summed E-state index contributed by atoms with van der Waals surface area (Å²) in [5.74, 6) is 0. The quantitative estimate of drug-likeness (QED) is 0.715. The van der Waals surface area contributed by atoms with E-state index in [1.54, 1.807) is 15.6 Å². The lowest BCUT2D eigenvalue weighted by Gasteiger charge is -2.34. The molecule has 0 spiro atoms. The van der Waals surface area contributed by atoms with Gasteiger partial charge in [-0.2, -0.15) is 8.61 Å². The van der Waals surface area contributed by atoms with E-state index >= 15 is 0 Å². The Morgan fingerprint density at radius 2 is 1.54 bits per heavy atom. The second kappa shape index (κ2) is 7.53. The molecule has 3 heterocycles. The summed E-state index contributed by atoms with van der Waals surface area (Å²) >= 11 is 1.68. The fourth-order valence-electron chi connectivity index (χ4n) is 4.08. The van der Waals surface area contributed by atoms with Gasteiger partial charge in [-0.05, 0) is 67.0 Å². The highest BCUT2D eigenvalue weighted by Crippen LogP contribution is 2.38. The van der Waals surface area contributed by atoms with Crippen LogP contribution >= 0.6 is 11.3 Å². The summed E-state index contributed by atoms with van der Waals surface area (Å²) in [6, 6.07) is 7.53. The molecule has 1 aromatic carbocycles. The summed E-state index contributed by atoms with van der Waals surface area (Å²) in [5.41, 5.74) is 1.09. The Morgan fingerprint density at radius 1 is 0.929 bits per heavy atom. The van der Waals surface area contributed by atoms with Crippen molar-refractivity contribution in [3.05, 3.63) is 46.2 Å². The number of benzene rings is 1. The van der Waals surface area contributed by atoms with Gasteiger partial charge in [-0.15, -0.1) is 11.3 Å². The van der Waals surface area contributed by atoms with Gasteiger partial charge in [0.2, 0.25) is 20.0 Å². The van der Waals surface area contributed by atoms with Crippen molar-refractivity contribution in [3.8, 4) is 0 Å². The van der Waals surface area contributed by atoms with E-state index in [1.165, 1.54) is 33.4 Å². The van der Waals surface area contributed by atoms with E-state index in [-0.39, 0.29) is 15.8 Å². The van der Waals surface area contributed by atoms with Crippen molar-refractivity contribution in [2.24, 2.45) is 0 Å². The topological polar surface area (TPSA) is 74.8 Å². The van der Waals surface area contributed by atoms with Crippen LogP contribution in [-0.2, 0) is 26.5 Å². The van der Waals surface area contributed by atoms with Gasteiger partial charge in [0.15, 0.2) is 0 Å². The Kier molecular flexibility index (Phi) is 5.39. The first kappa shape index (κ1) is 20.0. The van der Waals surface area contributed by atoms with Crippen molar-refractivity contribution in [1.29, 1.82) is 0 Å². The fourth-order valence-corrected chi connectivity index (χ4v) is 8.21. The molecule has 28 heavy (non-hydrogen) atoms. The normalized spacial score (nSPS) is 21.7. The summed E-state index contributed by atoms with van der Waals surface area (Å²) in [6.45, 7) is 3.49. The number of nitrogens with zero attached hydrogens (tertiary/aromatic N) is 2. The Morgan fingerprint density at radius 3 is 2.14 bits per heavy atom. The van der Waals surface area contributed by atoms with E-state index in [9.17, 15) is 16.8 Å². The maximum atomic E-state index is 13.3. The van der Waals surface area contributed by atoms with Crippen LogP contribution in [0.25, 0.3) is 0 Å².